The predicted octanol–water partition coefficient (Wildman–Crippen LogP) is 3.78. The molecule has 4 heteroatoms. The quantitative estimate of drug-likeness (QED) is 0.882. The molecule has 0 aliphatic carbocycles. The molecule has 0 atom stereocenters. The number of nitrogen functional groups attached to an aromatic ring is 1. The Morgan fingerprint density at radius 2 is 2.12 bits per heavy atom. The zero-order valence-electron chi connectivity index (χ0n) is 8.77. The van der Waals surface area contributed by atoms with E-state index >= 15 is 0 Å². The minimum Gasteiger partial charge on any atom is -0.397 e. The van der Waals surface area contributed by atoms with Crippen molar-refractivity contribution in [3.05, 3.63) is 47.1 Å². The average Bonchev–Trinajstić information content (AvgIpc) is 2.22. The van der Waals surface area contributed by atoms with Crippen molar-refractivity contribution in [3.63, 3.8) is 0 Å². The van der Waals surface area contributed by atoms with Crippen LogP contribution in [0.1, 0.15) is 5.56 Å². The highest BCUT2D eigenvalue weighted by Gasteiger charge is 2.03. The Balaban J connectivity index is 2.27. The van der Waals surface area contributed by atoms with E-state index < -0.39 is 0 Å². The van der Waals surface area contributed by atoms with Gasteiger partial charge in [0.1, 0.15) is 5.03 Å². The molecule has 0 saturated carbocycles. The number of nitrogens with zero attached hydrogens (tertiary/aromatic N) is 1. The summed E-state index contributed by atoms with van der Waals surface area (Å²) in [5.74, 6) is 0. The molecule has 0 bridgehead atoms. The number of pyridine rings is 1. The van der Waals surface area contributed by atoms with Crippen LogP contribution in [0, 0.1) is 6.92 Å². The first-order valence-electron chi connectivity index (χ1n) is 4.81. The number of rotatable bonds is 2. The SMILES string of the molecule is Cc1cc(N)cnc1Sc1cccc(Cl)c1. The lowest BCUT2D eigenvalue weighted by molar-refractivity contribution is 1.08. The Labute approximate surface area is 104 Å². The van der Waals surface area contributed by atoms with Crippen LogP contribution >= 0.6 is 23.4 Å². The largest absolute Gasteiger partial charge is 0.397 e. The van der Waals surface area contributed by atoms with Crippen LogP contribution in [0.5, 0.6) is 0 Å². The Kier molecular flexibility index (Phi) is 3.36. The molecule has 0 amide bonds. The molecular formula is C12H11ClN2S. The summed E-state index contributed by atoms with van der Waals surface area (Å²) in [5.41, 5.74) is 7.41. The second kappa shape index (κ2) is 4.76. The third kappa shape index (κ3) is 2.68. The molecule has 2 aromatic rings. The minimum atomic E-state index is 0.688. The summed E-state index contributed by atoms with van der Waals surface area (Å²) in [6.45, 7) is 2.00. The van der Waals surface area contributed by atoms with Gasteiger partial charge in [-0.05, 0) is 36.8 Å². The fourth-order valence-electron chi connectivity index (χ4n) is 1.33. The standard InChI is InChI=1S/C12H11ClN2S/c1-8-5-10(14)7-15-12(8)16-11-4-2-3-9(13)6-11/h2-7H,14H2,1H3. The Hall–Kier alpha value is -1.19. The van der Waals surface area contributed by atoms with E-state index in [2.05, 4.69) is 4.98 Å². The Morgan fingerprint density at radius 1 is 1.31 bits per heavy atom. The molecule has 0 spiro atoms. The maximum Gasteiger partial charge on any atom is 0.104 e. The number of hydrogen-bond donors (Lipinski definition) is 1. The van der Waals surface area contributed by atoms with E-state index in [1.807, 2.05) is 37.3 Å². The van der Waals surface area contributed by atoms with Crippen molar-refractivity contribution in [2.24, 2.45) is 0 Å². The maximum absolute atomic E-state index is 5.92. The fraction of sp³-hybridized carbons (Fsp3) is 0.0833. The molecule has 2 nitrogen and oxygen atoms in total. The molecule has 0 radical (unpaired) electrons. The number of anilines is 1. The Bertz CT molecular complexity index is 514. The van der Waals surface area contributed by atoms with Crippen LogP contribution in [0.15, 0.2) is 46.5 Å². The van der Waals surface area contributed by atoms with Gasteiger partial charge in [0.05, 0.1) is 11.9 Å². The van der Waals surface area contributed by atoms with E-state index in [0.29, 0.717) is 5.69 Å². The molecule has 2 rings (SSSR count). The second-order valence-electron chi connectivity index (χ2n) is 3.45. The maximum atomic E-state index is 5.92. The summed E-state index contributed by atoms with van der Waals surface area (Å²) in [6.07, 6.45) is 1.67. The highest BCUT2D eigenvalue weighted by molar-refractivity contribution is 7.99. The monoisotopic (exact) mass is 250 g/mol. The Morgan fingerprint density at radius 3 is 2.81 bits per heavy atom. The van der Waals surface area contributed by atoms with Crippen LogP contribution in [-0.2, 0) is 0 Å². The number of aryl methyl sites for hydroxylation is 1. The minimum absolute atomic E-state index is 0.688. The lowest BCUT2D eigenvalue weighted by Crippen LogP contribution is -1.90. The lowest BCUT2D eigenvalue weighted by Gasteiger charge is -2.05. The number of halogens is 1. The number of hydrogen-bond acceptors (Lipinski definition) is 3. The topological polar surface area (TPSA) is 38.9 Å². The van der Waals surface area contributed by atoms with Crippen LogP contribution < -0.4 is 5.73 Å². The average molecular weight is 251 g/mol. The molecule has 0 fully saturated rings. The van der Waals surface area contributed by atoms with Crippen molar-refractivity contribution >= 4 is 29.1 Å². The van der Waals surface area contributed by atoms with E-state index in [0.717, 1.165) is 20.5 Å². The normalized spacial score (nSPS) is 10.4. The zero-order valence-corrected chi connectivity index (χ0v) is 10.3. The van der Waals surface area contributed by atoms with Gasteiger partial charge in [0, 0.05) is 9.92 Å². The first-order chi connectivity index (χ1) is 7.65. The molecule has 0 unspecified atom stereocenters. The number of aromatic nitrogens is 1. The van der Waals surface area contributed by atoms with Gasteiger partial charge in [-0.3, -0.25) is 0 Å². The predicted molar refractivity (Wildman–Crippen MR) is 69.0 cm³/mol. The number of benzene rings is 1. The van der Waals surface area contributed by atoms with Crippen LogP contribution in [-0.4, -0.2) is 4.98 Å². The van der Waals surface area contributed by atoms with Crippen LogP contribution in [0.25, 0.3) is 0 Å². The third-order valence-corrected chi connectivity index (χ3v) is 3.41. The summed E-state index contributed by atoms with van der Waals surface area (Å²) >= 11 is 7.51. The first-order valence-corrected chi connectivity index (χ1v) is 6.00. The lowest BCUT2D eigenvalue weighted by atomic mass is 10.3. The molecular weight excluding hydrogens is 240 g/mol. The first kappa shape index (κ1) is 11.3. The molecule has 2 N–H and O–H groups in total. The van der Waals surface area contributed by atoms with Crippen molar-refractivity contribution < 1.29 is 0 Å². The summed E-state index contributed by atoms with van der Waals surface area (Å²) < 4.78 is 0. The van der Waals surface area contributed by atoms with E-state index in [1.165, 1.54) is 0 Å². The van der Waals surface area contributed by atoms with Gasteiger partial charge in [0.15, 0.2) is 0 Å². The summed E-state index contributed by atoms with van der Waals surface area (Å²) in [4.78, 5) is 5.37. The van der Waals surface area contributed by atoms with E-state index in [4.69, 9.17) is 17.3 Å². The van der Waals surface area contributed by atoms with Gasteiger partial charge < -0.3 is 5.73 Å². The van der Waals surface area contributed by atoms with Crippen LogP contribution in [0.4, 0.5) is 5.69 Å². The molecule has 1 heterocycles. The zero-order chi connectivity index (χ0) is 11.5. The molecule has 0 aliphatic heterocycles. The molecule has 0 aliphatic rings. The molecule has 82 valence electrons. The van der Waals surface area contributed by atoms with Crippen molar-refractivity contribution in [2.75, 3.05) is 5.73 Å². The summed E-state index contributed by atoms with van der Waals surface area (Å²) in [6, 6.07) is 9.63. The van der Waals surface area contributed by atoms with Gasteiger partial charge >= 0.3 is 0 Å². The third-order valence-electron chi connectivity index (χ3n) is 2.06. The number of nitrogens with two attached hydrogens (primary N) is 1. The molecule has 0 saturated heterocycles. The van der Waals surface area contributed by atoms with Crippen molar-refractivity contribution in [1.29, 1.82) is 0 Å². The highest BCUT2D eigenvalue weighted by atomic mass is 35.5. The molecule has 1 aromatic carbocycles. The van der Waals surface area contributed by atoms with Gasteiger partial charge in [-0.25, -0.2) is 4.98 Å². The van der Waals surface area contributed by atoms with Crippen LogP contribution in [0.3, 0.4) is 0 Å². The smallest absolute Gasteiger partial charge is 0.104 e. The van der Waals surface area contributed by atoms with Gasteiger partial charge in [-0.1, -0.05) is 29.4 Å². The highest BCUT2D eigenvalue weighted by Crippen LogP contribution is 2.30. The van der Waals surface area contributed by atoms with Gasteiger partial charge in [0.2, 0.25) is 0 Å². The van der Waals surface area contributed by atoms with Crippen molar-refractivity contribution in [1.82, 2.24) is 4.98 Å². The van der Waals surface area contributed by atoms with Gasteiger partial charge in [0.25, 0.3) is 0 Å². The summed E-state index contributed by atoms with van der Waals surface area (Å²) in [5, 5.41) is 1.69. The van der Waals surface area contributed by atoms with Crippen molar-refractivity contribution in [3.8, 4) is 0 Å². The fourth-order valence-corrected chi connectivity index (χ4v) is 2.47. The molecule has 1 aromatic heterocycles. The van der Waals surface area contributed by atoms with Crippen LogP contribution in [0.2, 0.25) is 5.02 Å². The van der Waals surface area contributed by atoms with Crippen molar-refractivity contribution in [2.45, 2.75) is 16.8 Å². The van der Waals surface area contributed by atoms with E-state index in [1.54, 1.807) is 18.0 Å². The van der Waals surface area contributed by atoms with E-state index in [-0.39, 0.29) is 0 Å². The van der Waals surface area contributed by atoms with E-state index in [9.17, 15) is 0 Å². The second-order valence-corrected chi connectivity index (χ2v) is 4.95. The van der Waals surface area contributed by atoms with Gasteiger partial charge in [-0.15, -0.1) is 0 Å². The van der Waals surface area contributed by atoms with Gasteiger partial charge in [-0.2, -0.15) is 0 Å². The summed E-state index contributed by atoms with van der Waals surface area (Å²) in [7, 11) is 0. The molecule has 16 heavy (non-hydrogen) atoms.